The van der Waals surface area contributed by atoms with Crippen molar-refractivity contribution in [2.45, 2.75) is 245 Å². The zero-order valence-corrected chi connectivity index (χ0v) is 49.1. The van der Waals surface area contributed by atoms with Gasteiger partial charge in [0, 0.05) is 19.3 Å². The van der Waals surface area contributed by atoms with Crippen LogP contribution in [0.5, 0.6) is 0 Å². The highest BCUT2D eigenvalue weighted by molar-refractivity contribution is 5.71. The summed E-state index contributed by atoms with van der Waals surface area (Å²) in [5.74, 6) is -1.04. The summed E-state index contributed by atoms with van der Waals surface area (Å²) >= 11 is 0. The van der Waals surface area contributed by atoms with Crippen LogP contribution in [0, 0.1) is 0 Å². The maximum Gasteiger partial charge on any atom is 0.306 e. The van der Waals surface area contributed by atoms with Crippen molar-refractivity contribution < 1.29 is 28.6 Å². The van der Waals surface area contributed by atoms with Crippen LogP contribution in [-0.2, 0) is 28.6 Å². The van der Waals surface area contributed by atoms with E-state index in [1.165, 1.54) is 44.9 Å². The minimum absolute atomic E-state index is 0.125. The summed E-state index contributed by atoms with van der Waals surface area (Å²) in [5, 5.41) is 0. The molecule has 0 aromatic carbocycles. The van der Waals surface area contributed by atoms with Gasteiger partial charge in [0.15, 0.2) is 6.10 Å². The molecule has 0 aromatic heterocycles. The smallest absolute Gasteiger partial charge is 0.306 e. The van der Waals surface area contributed by atoms with Crippen LogP contribution >= 0.6 is 0 Å². The van der Waals surface area contributed by atoms with E-state index in [0.29, 0.717) is 19.3 Å². The molecule has 0 heterocycles. The Hall–Kier alpha value is -5.23. The quantitative estimate of drug-likeness (QED) is 0.0261. The van der Waals surface area contributed by atoms with E-state index in [9.17, 15) is 14.4 Å². The normalized spacial score (nSPS) is 13.3. The number of unbranched alkanes of at least 4 members (excludes halogenated alkanes) is 14. The van der Waals surface area contributed by atoms with Crippen LogP contribution in [0.15, 0.2) is 170 Å². The largest absolute Gasteiger partial charge is 0.462 e. The molecule has 1 atom stereocenters. The van der Waals surface area contributed by atoms with Crippen molar-refractivity contribution in [3.63, 3.8) is 0 Å². The number of carbonyl (C=O) groups excluding carboxylic acids is 3. The molecule has 0 fully saturated rings. The number of esters is 3. The maximum atomic E-state index is 12.9. The average molecular weight is 1060 g/mol. The summed E-state index contributed by atoms with van der Waals surface area (Å²) in [6, 6.07) is 0. The highest BCUT2D eigenvalue weighted by atomic mass is 16.6. The van der Waals surface area contributed by atoms with E-state index < -0.39 is 12.1 Å². The Labute approximate surface area is 472 Å². The number of ether oxygens (including phenoxy) is 3. The van der Waals surface area contributed by atoms with Gasteiger partial charge in [-0.25, -0.2) is 0 Å². The molecule has 0 bridgehead atoms. The fraction of sp³-hybridized carbons (Fsp3) is 0.563. The molecular weight excluding hydrogens is 949 g/mol. The lowest BCUT2D eigenvalue weighted by Crippen LogP contribution is -2.30. The molecule has 0 amide bonds. The van der Waals surface area contributed by atoms with Crippen LogP contribution in [-0.4, -0.2) is 37.2 Å². The highest BCUT2D eigenvalue weighted by Gasteiger charge is 2.19. The van der Waals surface area contributed by atoms with Crippen molar-refractivity contribution >= 4 is 17.9 Å². The van der Waals surface area contributed by atoms with E-state index in [2.05, 4.69) is 179 Å². The second-order valence-electron chi connectivity index (χ2n) is 19.5. The summed E-state index contributed by atoms with van der Waals surface area (Å²) in [7, 11) is 0. The Bertz CT molecular complexity index is 1790. The van der Waals surface area contributed by atoms with Crippen LogP contribution in [0.2, 0.25) is 0 Å². The predicted octanol–water partition coefficient (Wildman–Crippen LogP) is 21.1. The molecule has 0 aliphatic heterocycles. The van der Waals surface area contributed by atoms with Crippen LogP contribution in [0.4, 0.5) is 0 Å². The summed E-state index contributed by atoms with van der Waals surface area (Å²) in [5.41, 5.74) is 0. The molecule has 430 valence electrons. The summed E-state index contributed by atoms with van der Waals surface area (Å²) in [6.45, 7) is 6.21. The van der Waals surface area contributed by atoms with Crippen LogP contribution < -0.4 is 0 Å². The topological polar surface area (TPSA) is 78.9 Å². The first kappa shape index (κ1) is 71.8. The van der Waals surface area contributed by atoms with Crippen LogP contribution in [0.3, 0.4) is 0 Å². The summed E-state index contributed by atoms with van der Waals surface area (Å²) in [4.78, 5) is 38.3. The molecule has 0 N–H and O–H groups in total. The lowest BCUT2D eigenvalue weighted by Gasteiger charge is -2.18. The molecule has 0 aliphatic rings. The van der Waals surface area contributed by atoms with Gasteiger partial charge in [0.2, 0.25) is 0 Å². The fourth-order valence-corrected chi connectivity index (χ4v) is 7.74. The minimum Gasteiger partial charge on any atom is -0.462 e. The van der Waals surface area contributed by atoms with Crippen molar-refractivity contribution in [3.8, 4) is 0 Å². The SMILES string of the molecule is CC/C=C\C/C=C\C/C=C\C/C=C\C/C=C\C/C=C\CCC(=O)OC(COC(=O)CCCCCCCC/C=C\C/C=C\C/C=C\C/C=C\CC)COC(=O)CCCCCCCCCC/C=C\C/C=C\C/C=C\C/C=C\CC. The molecular formula is C71H110O6. The second kappa shape index (κ2) is 63.3. The number of hydrogen-bond donors (Lipinski definition) is 0. The lowest BCUT2D eigenvalue weighted by atomic mass is 10.1. The molecule has 77 heavy (non-hydrogen) atoms. The van der Waals surface area contributed by atoms with Gasteiger partial charge in [-0.2, -0.15) is 0 Å². The zero-order valence-electron chi connectivity index (χ0n) is 49.1. The van der Waals surface area contributed by atoms with Gasteiger partial charge in [-0.05, 0) is 135 Å². The van der Waals surface area contributed by atoms with Gasteiger partial charge in [0.05, 0.1) is 0 Å². The van der Waals surface area contributed by atoms with Gasteiger partial charge in [-0.15, -0.1) is 0 Å². The van der Waals surface area contributed by atoms with Gasteiger partial charge in [-0.1, -0.05) is 255 Å². The third-order valence-corrected chi connectivity index (χ3v) is 12.2. The molecule has 0 saturated carbocycles. The number of rotatable bonds is 53. The Morgan fingerprint density at radius 1 is 0.260 bits per heavy atom. The van der Waals surface area contributed by atoms with Crippen molar-refractivity contribution in [1.29, 1.82) is 0 Å². The minimum atomic E-state index is -0.839. The van der Waals surface area contributed by atoms with E-state index in [-0.39, 0.29) is 31.6 Å². The van der Waals surface area contributed by atoms with Gasteiger partial charge >= 0.3 is 17.9 Å². The average Bonchev–Trinajstić information content (AvgIpc) is 3.43. The van der Waals surface area contributed by atoms with E-state index in [4.69, 9.17) is 14.2 Å². The fourth-order valence-electron chi connectivity index (χ4n) is 7.74. The third-order valence-electron chi connectivity index (χ3n) is 12.2. The van der Waals surface area contributed by atoms with Crippen LogP contribution in [0.1, 0.15) is 239 Å². The summed E-state index contributed by atoms with van der Waals surface area (Å²) < 4.78 is 16.8. The first-order valence-corrected chi connectivity index (χ1v) is 30.6. The summed E-state index contributed by atoms with van der Waals surface area (Å²) in [6.07, 6.45) is 93.5. The Balaban J connectivity index is 4.57. The molecule has 1 unspecified atom stereocenters. The molecule has 6 heteroatoms. The Kier molecular flexibility index (Phi) is 59.0. The first-order chi connectivity index (χ1) is 38.0. The molecule has 0 aliphatic carbocycles. The molecule has 0 radical (unpaired) electrons. The maximum absolute atomic E-state index is 12.9. The zero-order chi connectivity index (χ0) is 55.7. The van der Waals surface area contributed by atoms with E-state index in [1.807, 2.05) is 12.2 Å². The lowest BCUT2D eigenvalue weighted by molar-refractivity contribution is -0.166. The van der Waals surface area contributed by atoms with Gasteiger partial charge in [-0.3, -0.25) is 14.4 Å². The van der Waals surface area contributed by atoms with E-state index in [0.717, 1.165) is 148 Å². The molecule has 0 saturated heterocycles. The van der Waals surface area contributed by atoms with E-state index >= 15 is 0 Å². The second-order valence-corrected chi connectivity index (χ2v) is 19.5. The Morgan fingerprint density at radius 3 is 0.779 bits per heavy atom. The van der Waals surface area contributed by atoms with Crippen molar-refractivity contribution in [3.05, 3.63) is 170 Å². The van der Waals surface area contributed by atoms with Crippen LogP contribution in [0.25, 0.3) is 0 Å². The highest BCUT2D eigenvalue weighted by Crippen LogP contribution is 2.14. The molecule has 6 nitrogen and oxygen atoms in total. The monoisotopic (exact) mass is 1060 g/mol. The van der Waals surface area contributed by atoms with E-state index in [1.54, 1.807) is 0 Å². The number of allylic oxidation sites excluding steroid dienone is 28. The van der Waals surface area contributed by atoms with Crippen molar-refractivity contribution in [2.24, 2.45) is 0 Å². The predicted molar refractivity (Wildman–Crippen MR) is 334 cm³/mol. The number of carbonyl (C=O) groups is 3. The molecule has 0 spiro atoms. The van der Waals surface area contributed by atoms with Crippen molar-refractivity contribution in [1.82, 2.24) is 0 Å². The Morgan fingerprint density at radius 2 is 0.494 bits per heavy atom. The molecule has 0 rings (SSSR count). The van der Waals surface area contributed by atoms with Gasteiger partial charge < -0.3 is 14.2 Å². The van der Waals surface area contributed by atoms with Gasteiger partial charge in [0.25, 0.3) is 0 Å². The molecule has 0 aromatic rings. The number of hydrogen-bond acceptors (Lipinski definition) is 6. The third kappa shape index (κ3) is 61.5. The first-order valence-electron chi connectivity index (χ1n) is 30.6. The standard InChI is InChI=1S/C71H110O6/c1-4-7-10-13-16-19-22-25-28-31-34-35-38-40-43-46-49-52-55-58-61-64-70(73)76-67-68(77-71(74)65-62-59-56-53-50-47-44-41-37-33-30-27-24-21-18-15-12-9-6-3)66-75-69(72)63-60-57-54-51-48-45-42-39-36-32-29-26-23-20-17-14-11-8-5-2/h7-12,16-21,25-30,34-37,39,41,47,50,56,59,68H,4-6,13-15,22-24,31-33,38,40,42-46,48-49,51-55,57-58,60-67H2,1-3H3/b10-7-,11-8-,12-9-,19-16-,20-17-,21-18-,28-25-,29-26-,30-27-,35-34-,39-36-,41-37-,50-47-,59-56-. The van der Waals surface area contributed by atoms with Crippen molar-refractivity contribution in [2.75, 3.05) is 13.2 Å². The van der Waals surface area contributed by atoms with Gasteiger partial charge in [0.1, 0.15) is 13.2 Å².